The minimum absolute atomic E-state index is 0.0139. The van der Waals surface area contributed by atoms with Crippen molar-refractivity contribution in [2.75, 3.05) is 6.54 Å². The predicted octanol–water partition coefficient (Wildman–Crippen LogP) is 0.760. The topological polar surface area (TPSA) is 61.4 Å². The normalized spacial score (nSPS) is 14.8. The number of aromatic hydroxyl groups is 1. The molecule has 0 spiro atoms. The summed E-state index contributed by atoms with van der Waals surface area (Å²) in [5.41, 5.74) is 0.984. The summed E-state index contributed by atoms with van der Waals surface area (Å²) in [7, 11) is 0. The van der Waals surface area contributed by atoms with Crippen LogP contribution in [-0.2, 0) is 11.3 Å². The first-order valence-corrected chi connectivity index (χ1v) is 5.52. The van der Waals surface area contributed by atoms with Gasteiger partial charge < -0.3 is 15.7 Å². The van der Waals surface area contributed by atoms with Gasteiger partial charge in [-0.25, -0.2) is 0 Å². The van der Waals surface area contributed by atoms with Gasteiger partial charge in [-0.05, 0) is 30.5 Å². The number of nitrogens with one attached hydrogen (secondary N) is 2. The molecule has 0 bridgehead atoms. The van der Waals surface area contributed by atoms with Crippen molar-refractivity contribution in [3.8, 4) is 5.75 Å². The summed E-state index contributed by atoms with van der Waals surface area (Å²) in [4.78, 5) is 11.4. The maximum absolute atomic E-state index is 11.4. The van der Waals surface area contributed by atoms with Crippen molar-refractivity contribution in [1.29, 1.82) is 0 Å². The van der Waals surface area contributed by atoms with Gasteiger partial charge in [-0.2, -0.15) is 0 Å². The Morgan fingerprint density at radius 3 is 2.62 bits per heavy atom. The molecule has 0 unspecified atom stereocenters. The first kappa shape index (κ1) is 11.0. The highest BCUT2D eigenvalue weighted by Crippen LogP contribution is 2.17. The van der Waals surface area contributed by atoms with Gasteiger partial charge in [0.1, 0.15) is 5.75 Å². The molecule has 1 aliphatic rings. The summed E-state index contributed by atoms with van der Waals surface area (Å²) >= 11 is 0. The molecule has 1 amide bonds. The van der Waals surface area contributed by atoms with Crippen LogP contribution in [0.3, 0.4) is 0 Å². The Hall–Kier alpha value is -1.55. The molecule has 4 nitrogen and oxygen atoms in total. The summed E-state index contributed by atoms with van der Waals surface area (Å²) in [6, 6.07) is 7.38. The Morgan fingerprint density at radius 1 is 1.31 bits per heavy atom. The average Bonchev–Trinajstić information content (AvgIpc) is 3.09. The van der Waals surface area contributed by atoms with Gasteiger partial charge in [0.15, 0.2) is 0 Å². The molecule has 0 saturated heterocycles. The Kier molecular flexibility index (Phi) is 3.41. The monoisotopic (exact) mass is 220 g/mol. The van der Waals surface area contributed by atoms with Crippen molar-refractivity contribution in [2.24, 2.45) is 0 Å². The molecule has 16 heavy (non-hydrogen) atoms. The largest absolute Gasteiger partial charge is 0.508 e. The lowest BCUT2D eigenvalue weighted by molar-refractivity contribution is -0.120. The van der Waals surface area contributed by atoms with Crippen LogP contribution in [0.15, 0.2) is 24.3 Å². The third-order valence-electron chi connectivity index (χ3n) is 2.55. The second-order valence-electron chi connectivity index (χ2n) is 4.10. The van der Waals surface area contributed by atoms with Gasteiger partial charge >= 0.3 is 0 Å². The Morgan fingerprint density at radius 2 is 2.00 bits per heavy atom. The van der Waals surface area contributed by atoms with E-state index in [4.69, 9.17) is 5.11 Å². The summed E-state index contributed by atoms with van der Waals surface area (Å²) in [5, 5.41) is 15.1. The van der Waals surface area contributed by atoms with Crippen molar-refractivity contribution in [1.82, 2.24) is 10.6 Å². The van der Waals surface area contributed by atoms with Crippen LogP contribution in [0.2, 0.25) is 0 Å². The summed E-state index contributed by atoms with van der Waals surface area (Å²) < 4.78 is 0. The number of carbonyl (C=O) groups is 1. The van der Waals surface area contributed by atoms with E-state index < -0.39 is 0 Å². The molecule has 0 atom stereocenters. The van der Waals surface area contributed by atoms with Crippen molar-refractivity contribution < 1.29 is 9.90 Å². The Balaban J connectivity index is 1.69. The molecule has 1 fully saturated rings. The lowest BCUT2D eigenvalue weighted by atomic mass is 10.2. The Labute approximate surface area is 94.7 Å². The second kappa shape index (κ2) is 4.99. The fourth-order valence-electron chi connectivity index (χ4n) is 1.40. The van der Waals surface area contributed by atoms with Crippen molar-refractivity contribution in [3.63, 3.8) is 0 Å². The number of rotatable bonds is 5. The fourth-order valence-corrected chi connectivity index (χ4v) is 1.40. The van der Waals surface area contributed by atoms with Crippen molar-refractivity contribution in [3.05, 3.63) is 29.8 Å². The zero-order valence-electron chi connectivity index (χ0n) is 9.07. The number of hydrogen-bond donors (Lipinski definition) is 3. The molecular weight excluding hydrogens is 204 g/mol. The highest BCUT2D eigenvalue weighted by Gasteiger charge is 2.20. The van der Waals surface area contributed by atoms with E-state index in [9.17, 15) is 4.79 Å². The van der Waals surface area contributed by atoms with E-state index in [-0.39, 0.29) is 11.7 Å². The standard InChI is InChI=1S/C12H16N2O2/c15-11-5-1-9(2-6-11)7-14-12(16)8-13-10-3-4-10/h1-2,5-6,10,13,15H,3-4,7-8H2,(H,14,16). The molecule has 1 aromatic rings. The van der Waals surface area contributed by atoms with E-state index in [1.54, 1.807) is 24.3 Å². The fraction of sp³-hybridized carbons (Fsp3) is 0.417. The van der Waals surface area contributed by atoms with Crippen LogP contribution in [0.5, 0.6) is 5.75 Å². The van der Waals surface area contributed by atoms with Gasteiger partial charge in [0.05, 0.1) is 6.54 Å². The minimum atomic E-state index is 0.0139. The lowest BCUT2D eigenvalue weighted by Gasteiger charge is -2.06. The molecular formula is C12H16N2O2. The second-order valence-corrected chi connectivity index (χ2v) is 4.10. The molecule has 1 aromatic carbocycles. The third kappa shape index (κ3) is 3.55. The van der Waals surface area contributed by atoms with Gasteiger partial charge in [-0.1, -0.05) is 12.1 Å². The zero-order valence-corrected chi connectivity index (χ0v) is 9.07. The number of phenolic OH excluding ortho intramolecular Hbond substituents is 1. The molecule has 0 aromatic heterocycles. The van der Waals surface area contributed by atoms with Gasteiger partial charge in [0.2, 0.25) is 5.91 Å². The van der Waals surface area contributed by atoms with E-state index in [1.165, 1.54) is 12.8 Å². The molecule has 3 N–H and O–H groups in total. The quantitative estimate of drug-likeness (QED) is 0.686. The molecule has 1 aliphatic carbocycles. The minimum Gasteiger partial charge on any atom is -0.508 e. The average molecular weight is 220 g/mol. The van der Waals surface area contributed by atoms with Crippen LogP contribution in [0.1, 0.15) is 18.4 Å². The van der Waals surface area contributed by atoms with Crippen LogP contribution < -0.4 is 10.6 Å². The van der Waals surface area contributed by atoms with E-state index in [1.807, 2.05) is 0 Å². The highest BCUT2D eigenvalue weighted by molar-refractivity contribution is 5.78. The smallest absolute Gasteiger partial charge is 0.234 e. The Bertz CT molecular complexity index is 358. The van der Waals surface area contributed by atoms with Crippen LogP contribution >= 0.6 is 0 Å². The molecule has 86 valence electrons. The molecule has 0 heterocycles. The van der Waals surface area contributed by atoms with Crippen LogP contribution in [0, 0.1) is 0 Å². The maximum atomic E-state index is 11.4. The molecule has 0 radical (unpaired) electrons. The highest BCUT2D eigenvalue weighted by atomic mass is 16.3. The summed E-state index contributed by atoms with van der Waals surface area (Å²) in [6.45, 7) is 0.897. The molecule has 0 aliphatic heterocycles. The van der Waals surface area contributed by atoms with Gasteiger partial charge in [-0.3, -0.25) is 4.79 Å². The first-order valence-electron chi connectivity index (χ1n) is 5.52. The number of phenols is 1. The summed E-state index contributed by atoms with van der Waals surface area (Å²) in [6.07, 6.45) is 2.37. The van der Waals surface area contributed by atoms with Crippen molar-refractivity contribution >= 4 is 5.91 Å². The van der Waals surface area contributed by atoms with Crippen LogP contribution in [0.25, 0.3) is 0 Å². The van der Waals surface area contributed by atoms with Crippen molar-refractivity contribution in [2.45, 2.75) is 25.4 Å². The molecule has 1 saturated carbocycles. The van der Waals surface area contributed by atoms with Crippen LogP contribution in [0.4, 0.5) is 0 Å². The zero-order chi connectivity index (χ0) is 11.4. The SMILES string of the molecule is O=C(CNC1CC1)NCc1ccc(O)cc1. The van der Waals surface area contributed by atoms with E-state index >= 15 is 0 Å². The third-order valence-corrected chi connectivity index (χ3v) is 2.55. The lowest BCUT2D eigenvalue weighted by Crippen LogP contribution is -2.34. The van der Waals surface area contributed by atoms with E-state index in [0.29, 0.717) is 19.1 Å². The van der Waals surface area contributed by atoms with Gasteiger partial charge in [-0.15, -0.1) is 0 Å². The predicted molar refractivity (Wildman–Crippen MR) is 61.0 cm³/mol. The van der Waals surface area contributed by atoms with Gasteiger partial charge in [0, 0.05) is 12.6 Å². The van der Waals surface area contributed by atoms with E-state index in [0.717, 1.165) is 5.56 Å². The molecule has 2 rings (SSSR count). The van der Waals surface area contributed by atoms with Crippen LogP contribution in [-0.4, -0.2) is 23.6 Å². The number of benzene rings is 1. The van der Waals surface area contributed by atoms with Gasteiger partial charge in [0.25, 0.3) is 0 Å². The number of hydrogen-bond acceptors (Lipinski definition) is 3. The summed E-state index contributed by atoms with van der Waals surface area (Å²) in [5.74, 6) is 0.255. The number of carbonyl (C=O) groups excluding carboxylic acids is 1. The maximum Gasteiger partial charge on any atom is 0.234 e. The molecule has 4 heteroatoms. The number of amides is 1. The first-order chi connectivity index (χ1) is 7.74. The van der Waals surface area contributed by atoms with E-state index in [2.05, 4.69) is 10.6 Å².